The molecular formula is C13H25N3O3S. The molecule has 0 saturated heterocycles. The fourth-order valence-corrected chi connectivity index (χ4v) is 2.71. The second kappa shape index (κ2) is 8.39. The summed E-state index contributed by atoms with van der Waals surface area (Å²) in [6.07, 6.45) is 2.66. The minimum Gasteiger partial charge on any atom is -0.383 e. The van der Waals surface area contributed by atoms with E-state index in [-0.39, 0.29) is 11.5 Å². The van der Waals surface area contributed by atoms with E-state index in [1.54, 1.807) is 18.7 Å². The lowest BCUT2D eigenvalue weighted by molar-refractivity contribution is 0.199. The highest BCUT2D eigenvalue weighted by molar-refractivity contribution is 7.91. The predicted octanol–water partition coefficient (Wildman–Crippen LogP) is 0.616. The van der Waals surface area contributed by atoms with Gasteiger partial charge in [-0.15, -0.1) is 0 Å². The number of hydrogen-bond donors (Lipinski definition) is 1. The van der Waals surface area contributed by atoms with Crippen molar-refractivity contribution in [2.24, 2.45) is 0 Å². The van der Waals surface area contributed by atoms with E-state index in [4.69, 9.17) is 4.74 Å². The first-order valence-corrected chi connectivity index (χ1v) is 8.79. The van der Waals surface area contributed by atoms with Gasteiger partial charge in [-0.05, 0) is 6.42 Å². The molecule has 0 aliphatic rings. The van der Waals surface area contributed by atoms with E-state index < -0.39 is 9.84 Å². The van der Waals surface area contributed by atoms with Crippen LogP contribution in [0.4, 0.5) is 0 Å². The van der Waals surface area contributed by atoms with Gasteiger partial charge in [-0.1, -0.05) is 13.8 Å². The van der Waals surface area contributed by atoms with Gasteiger partial charge in [0.15, 0.2) is 9.84 Å². The van der Waals surface area contributed by atoms with Crippen molar-refractivity contribution >= 4 is 9.84 Å². The maximum atomic E-state index is 11.6. The Morgan fingerprint density at radius 2 is 2.15 bits per heavy atom. The van der Waals surface area contributed by atoms with Gasteiger partial charge < -0.3 is 10.1 Å². The van der Waals surface area contributed by atoms with E-state index in [1.807, 2.05) is 6.20 Å². The molecule has 0 bridgehead atoms. The molecule has 1 rings (SSSR count). The molecule has 1 N–H and O–H groups in total. The van der Waals surface area contributed by atoms with Gasteiger partial charge in [-0.25, -0.2) is 8.42 Å². The van der Waals surface area contributed by atoms with Crippen molar-refractivity contribution in [3.05, 3.63) is 17.5 Å². The van der Waals surface area contributed by atoms with Crippen LogP contribution in [0.3, 0.4) is 0 Å². The van der Waals surface area contributed by atoms with Crippen LogP contribution in [0.15, 0.2) is 6.20 Å². The Kier molecular flexibility index (Phi) is 7.18. The quantitative estimate of drug-likeness (QED) is 0.641. The fraction of sp³-hybridized carbons (Fsp3) is 0.769. The van der Waals surface area contributed by atoms with E-state index in [2.05, 4.69) is 17.3 Å². The summed E-state index contributed by atoms with van der Waals surface area (Å²) in [6, 6.07) is 0. The second-order valence-corrected chi connectivity index (χ2v) is 7.07. The zero-order valence-electron chi connectivity index (χ0n) is 12.6. The summed E-state index contributed by atoms with van der Waals surface area (Å²) in [7, 11) is -1.28. The fourth-order valence-electron chi connectivity index (χ4n) is 1.97. The van der Waals surface area contributed by atoms with Crippen LogP contribution in [-0.2, 0) is 34.1 Å². The summed E-state index contributed by atoms with van der Waals surface area (Å²) in [6.45, 7) is 6.34. The summed E-state index contributed by atoms with van der Waals surface area (Å²) in [4.78, 5) is 0. The molecule has 0 unspecified atom stereocenters. The monoisotopic (exact) mass is 303 g/mol. The molecular weight excluding hydrogens is 278 g/mol. The van der Waals surface area contributed by atoms with Crippen molar-refractivity contribution < 1.29 is 13.2 Å². The van der Waals surface area contributed by atoms with Gasteiger partial charge in [-0.2, -0.15) is 5.10 Å². The molecule has 6 nitrogen and oxygen atoms in total. The summed E-state index contributed by atoms with van der Waals surface area (Å²) < 4.78 is 29.9. The van der Waals surface area contributed by atoms with Gasteiger partial charge in [0.05, 0.1) is 25.1 Å². The number of methoxy groups -OCH3 is 1. The molecule has 0 aromatic carbocycles. The molecule has 116 valence electrons. The van der Waals surface area contributed by atoms with E-state index in [0.29, 0.717) is 13.2 Å². The Labute approximate surface area is 121 Å². The number of hydrogen-bond acceptors (Lipinski definition) is 5. The third-order valence-corrected chi connectivity index (χ3v) is 4.91. The van der Waals surface area contributed by atoms with E-state index in [1.165, 1.54) is 0 Å². The summed E-state index contributed by atoms with van der Waals surface area (Å²) in [5, 5.41) is 7.58. The van der Waals surface area contributed by atoms with Crippen LogP contribution >= 0.6 is 0 Å². The van der Waals surface area contributed by atoms with Crippen LogP contribution in [0.25, 0.3) is 0 Å². The molecule has 0 aliphatic carbocycles. The van der Waals surface area contributed by atoms with Crippen molar-refractivity contribution in [1.82, 2.24) is 15.1 Å². The average Bonchev–Trinajstić information content (AvgIpc) is 2.83. The van der Waals surface area contributed by atoms with Crippen molar-refractivity contribution in [3.8, 4) is 0 Å². The topological polar surface area (TPSA) is 73.2 Å². The Hall–Kier alpha value is -0.920. The highest BCUT2D eigenvalue weighted by Crippen LogP contribution is 2.10. The molecule has 0 amide bonds. The lowest BCUT2D eigenvalue weighted by atomic mass is 10.2. The van der Waals surface area contributed by atoms with Gasteiger partial charge in [0.1, 0.15) is 0 Å². The van der Waals surface area contributed by atoms with Gasteiger partial charge >= 0.3 is 0 Å². The van der Waals surface area contributed by atoms with Gasteiger partial charge in [-0.3, -0.25) is 4.68 Å². The first kappa shape index (κ1) is 17.1. The molecule has 20 heavy (non-hydrogen) atoms. The minimum atomic E-state index is -2.95. The van der Waals surface area contributed by atoms with Gasteiger partial charge in [0, 0.05) is 37.2 Å². The first-order chi connectivity index (χ1) is 9.54. The average molecular weight is 303 g/mol. The lowest BCUT2D eigenvalue weighted by Gasteiger charge is -2.08. The molecule has 0 saturated carbocycles. The molecule has 0 fully saturated rings. The molecule has 1 aromatic rings. The number of sulfone groups is 1. The number of rotatable bonds is 10. The van der Waals surface area contributed by atoms with E-state index in [0.717, 1.165) is 30.8 Å². The molecule has 0 radical (unpaired) electrons. The minimum absolute atomic E-state index is 0.148. The summed E-state index contributed by atoms with van der Waals surface area (Å²) in [5.74, 6) is 0.329. The van der Waals surface area contributed by atoms with Crippen LogP contribution in [0.1, 0.15) is 25.1 Å². The third kappa shape index (κ3) is 5.22. The van der Waals surface area contributed by atoms with E-state index >= 15 is 0 Å². The highest BCUT2D eigenvalue weighted by Gasteiger charge is 2.12. The number of aromatic nitrogens is 2. The van der Waals surface area contributed by atoms with Gasteiger partial charge in [0.25, 0.3) is 0 Å². The van der Waals surface area contributed by atoms with Crippen molar-refractivity contribution in [3.63, 3.8) is 0 Å². The zero-order chi connectivity index (χ0) is 15.0. The first-order valence-electron chi connectivity index (χ1n) is 6.97. The lowest BCUT2D eigenvalue weighted by Crippen LogP contribution is -2.20. The SMILES string of the molecule is CCc1c(CNCCOC)cnn1CCS(=O)(=O)CC. The zero-order valence-corrected chi connectivity index (χ0v) is 13.4. The van der Waals surface area contributed by atoms with Crippen LogP contribution in [0.5, 0.6) is 0 Å². The van der Waals surface area contributed by atoms with Crippen LogP contribution < -0.4 is 5.32 Å². The number of nitrogens with one attached hydrogen (secondary N) is 1. The Bertz CT molecular complexity index is 497. The molecule has 1 aromatic heterocycles. The third-order valence-electron chi connectivity index (χ3n) is 3.22. The van der Waals surface area contributed by atoms with Crippen molar-refractivity contribution in [2.45, 2.75) is 33.4 Å². The van der Waals surface area contributed by atoms with Gasteiger partial charge in [0.2, 0.25) is 0 Å². The molecule has 0 atom stereocenters. The van der Waals surface area contributed by atoms with Crippen molar-refractivity contribution in [2.75, 3.05) is 31.8 Å². The molecule has 0 aliphatic heterocycles. The van der Waals surface area contributed by atoms with Crippen molar-refractivity contribution in [1.29, 1.82) is 0 Å². The van der Waals surface area contributed by atoms with Crippen LogP contribution in [0.2, 0.25) is 0 Å². The predicted molar refractivity (Wildman–Crippen MR) is 79.5 cm³/mol. The second-order valence-electron chi connectivity index (χ2n) is 4.60. The number of nitrogens with zero attached hydrogens (tertiary/aromatic N) is 2. The maximum absolute atomic E-state index is 11.6. The number of aryl methyl sites for hydroxylation is 1. The van der Waals surface area contributed by atoms with E-state index in [9.17, 15) is 8.42 Å². The normalized spacial score (nSPS) is 11.9. The summed E-state index contributed by atoms with van der Waals surface area (Å²) >= 11 is 0. The Morgan fingerprint density at radius 3 is 2.75 bits per heavy atom. The smallest absolute Gasteiger partial charge is 0.151 e. The standard InChI is InChI=1S/C13H25N3O3S/c1-4-13-12(10-14-6-8-19-3)11-15-16(13)7-9-20(17,18)5-2/h11,14H,4-10H2,1-3H3. The molecule has 1 heterocycles. The Balaban J connectivity index is 2.62. The van der Waals surface area contributed by atoms with Crippen LogP contribution in [-0.4, -0.2) is 50.0 Å². The molecule has 7 heteroatoms. The Morgan fingerprint density at radius 1 is 1.40 bits per heavy atom. The van der Waals surface area contributed by atoms with Crippen LogP contribution in [0, 0.1) is 0 Å². The summed E-state index contributed by atoms with van der Waals surface area (Å²) in [5.41, 5.74) is 2.22. The molecule has 0 spiro atoms. The number of ether oxygens (including phenoxy) is 1. The highest BCUT2D eigenvalue weighted by atomic mass is 32.2. The maximum Gasteiger partial charge on any atom is 0.151 e. The largest absolute Gasteiger partial charge is 0.383 e.